The fourth-order valence-electron chi connectivity index (χ4n) is 7.74. The number of furan rings is 1. The van der Waals surface area contributed by atoms with Crippen molar-refractivity contribution in [2.45, 2.75) is 19.3 Å². The minimum atomic E-state index is -0.622. The van der Waals surface area contributed by atoms with Crippen LogP contribution in [0.3, 0.4) is 0 Å². The lowest BCUT2D eigenvalue weighted by molar-refractivity contribution is 0.660. The molecule has 0 radical (unpaired) electrons. The summed E-state index contributed by atoms with van der Waals surface area (Å²) in [4.78, 5) is 1.72. The molecule has 0 aliphatic heterocycles. The molecule has 0 saturated carbocycles. The number of benzene rings is 8. The Morgan fingerprint density at radius 1 is 0.510 bits per heavy atom. The molecule has 0 spiro atoms. The number of nitrogens with zero attached hydrogens (tertiary/aromatic N) is 1. The van der Waals surface area contributed by atoms with E-state index in [-0.39, 0.29) is 22.2 Å². The largest absolute Gasteiger partial charge is 0.455 e. The van der Waals surface area contributed by atoms with Crippen LogP contribution in [0.4, 0.5) is 17.1 Å². The second kappa shape index (κ2) is 11.3. The highest BCUT2D eigenvalue weighted by Gasteiger charge is 2.35. The quantitative estimate of drug-likeness (QED) is 0.182. The van der Waals surface area contributed by atoms with E-state index in [1.54, 1.807) is 4.90 Å². The zero-order valence-electron chi connectivity index (χ0n) is 36.9. The van der Waals surface area contributed by atoms with Gasteiger partial charge in [0.05, 0.1) is 12.3 Å². The van der Waals surface area contributed by atoms with E-state index >= 15 is 0 Å². The van der Waals surface area contributed by atoms with E-state index in [1.165, 1.54) is 5.56 Å². The molecule has 9 aromatic rings. The van der Waals surface area contributed by atoms with Gasteiger partial charge in [-0.05, 0) is 98.4 Å². The van der Waals surface area contributed by atoms with Crippen molar-refractivity contribution >= 4 is 49.8 Å². The zero-order chi connectivity index (χ0) is 41.9. The lowest BCUT2D eigenvalue weighted by atomic mass is 9.82. The van der Waals surface area contributed by atoms with Gasteiger partial charge in [-0.15, -0.1) is 0 Å². The van der Waals surface area contributed by atoms with Gasteiger partial charge in [-0.25, -0.2) is 0 Å². The summed E-state index contributed by atoms with van der Waals surface area (Å²) >= 11 is 0. The van der Waals surface area contributed by atoms with E-state index in [4.69, 9.17) is 11.3 Å². The van der Waals surface area contributed by atoms with Crippen molar-refractivity contribution in [3.8, 4) is 33.4 Å². The minimum Gasteiger partial charge on any atom is -0.455 e. The van der Waals surface area contributed by atoms with Gasteiger partial charge < -0.3 is 9.32 Å². The van der Waals surface area contributed by atoms with Crippen molar-refractivity contribution < 1.29 is 16.8 Å². The molecular weight excluding hydrogens is 619 g/mol. The van der Waals surface area contributed by atoms with E-state index < -0.39 is 54.4 Å². The second-order valence-corrected chi connectivity index (χ2v) is 13.5. The minimum absolute atomic E-state index is 0.0445. The molecule has 1 heterocycles. The number of fused-ring (bicyclic) bond motifs is 8. The van der Waals surface area contributed by atoms with Gasteiger partial charge in [0.2, 0.25) is 0 Å². The molecule has 8 aromatic carbocycles. The third-order valence-electron chi connectivity index (χ3n) is 10.2. The summed E-state index contributed by atoms with van der Waals surface area (Å²) in [5, 5.41) is 4.09. The summed E-state index contributed by atoms with van der Waals surface area (Å²) in [7, 11) is 0. The van der Waals surface area contributed by atoms with Gasteiger partial charge in [-0.1, -0.05) is 141 Å². The van der Waals surface area contributed by atoms with E-state index in [0.717, 1.165) is 60.5 Å². The van der Waals surface area contributed by atoms with Gasteiger partial charge in [0.25, 0.3) is 0 Å². The molecule has 1 aromatic heterocycles. The number of rotatable bonds is 5. The van der Waals surface area contributed by atoms with Gasteiger partial charge in [0.15, 0.2) is 0 Å². The molecule has 10 rings (SSSR count). The molecule has 1 aliphatic carbocycles. The Kier molecular flexibility index (Phi) is 4.81. The maximum absolute atomic E-state index is 9.47. The molecule has 0 saturated heterocycles. The average molecular weight is 663 g/mol. The Labute approximate surface area is 310 Å². The SMILES string of the molecule is [2H]c1c([2H])c([2H])c(-c2c([2H])c([2H])c(N(c3ccc(-c4cccc5oc6c7ccccc7ccc6c45)cc3)c3ccc4c(c3)C(C)(C)c3ccccc3-4)c([2H])c2[2H])c([2H])c1[2H]. The number of anilines is 3. The van der Waals surface area contributed by atoms with E-state index in [1.807, 2.05) is 78.9 Å². The summed E-state index contributed by atoms with van der Waals surface area (Å²) in [5.41, 5.74) is 7.86. The molecule has 0 amide bonds. The zero-order valence-corrected chi connectivity index (χ0v) is 27.9. The van der Waals surface area contributed by atoms with Crippen LogP contribution in [0.15, 0.2) is 180 Å². The fraction of sp³-hybridized carbons (Fsp3) is 0.0612. The van der Waals surface area contributed by atoms with Crippen LogP contribution in [-0.2, 0) is 5.41 Å². The first-order valence-electron chi connectivity index (χ1n) is 21.4. The molecule has 242 valence electrons. The number of hydrogen-bond acceptors (Lipinski definition) is 2. The van der Waals surface area contributed by atoms with Crippen molar-refractivity contribution in [1.82, 2.24) is 0 Å². The van der Waals surface area contributed by atoms with Crippen LogP contribution in [0.2, 0.25) is 0 Å². The predicted molar refractivity (Wildman–Crippen MR) is 214 cm³/mol. The van der Waals surface area contributed by atoms with Crippen molar-refractivity contribution in [2.24, 2.45) is 0 Å². The van der Waals surface area contributed by atoms with Crippen LogP contribution in [0.25, 0.3) is 66.1 Å². The first kappa shape index (κ1) is 21.7. The van der Waals surface area contributed by atoms with Crippen molar-refractivity contribution in [1.29, 1.82) is 0 Å². The highest BCUT2D eigenvalue weighted by atomic mass is 16.3. The van der Waals surface area contributed by atoms with Gasteiger partial charge in [-0.2, -0.15) is 0 Å². The second-order valence-electron chi connectivity index (χ2n) is 13.5. The molecule has 0 fully saturated rings. The Morgan fingerprint density at radius 2 is 1.22 bits per heavy atom. The van der Waals surface area contributed by atoms with Gasteiger partial charge in [0.1, 0.15) is 11.2 Å². The van der Waals surface area contributed by atoms with Gasteiger partial charge in [-0.3, -0.25) is 0 Å². The van der Waals surface area contributed by atoms with E-state index in [2.05, 4.69) is 56.3 Å². The maximum atomic E-state index is 9.47. The maximum Gasteiger partial charge on any atom is 0.143 e. The molecule has 51 heavy (non-hydrogen) atoms. The molecule has 0 unspecified atom stereocenters. The Bertz CT molecular complexity index is 3240. The van der Waals surface area contributed by atoms with Crippen LogP contribution < -0.4 is 4.90 Å². The van der Waals surface area contributed by atoms with Crippen LogP contribution in [0, 0.1) is 0 Å². The van der Waals surface area contributed by atoms with Gasteiger partial charge in [0, 0.05) is 38.6 Å². The highest BCUT2D eigenvalue weighted by molar-refractivity contribution is 6.19. The first-order chi connectivity index (χ1) is 28.8. The van der Waals surface area contributed by atoms with E-state index in [9.17, 15) is 5.48 Å². The molecular formula is C49H35NO. The molecule has 0 N–H and O–H groups in total. The normalized spacial score (nSPS) is 15.5. The summed E-state index contributed by atoms with van der Waals surface area (Å²) < 4.78 is 85.7. The smallest absolute Gasteiger partial charge is 0.143 e. The molecule has 2 nitrogen and oxygen atoms in total. The monoisotopic (exact) mass is 662 g/mol. The average Bonchev–Trinajstić information content (AvgIpc) is 3.76. The Hall–Kier alpha value is -6.38. The summed E-state index contributed by atoms with van der Waals surface area (Å²) in [5.74, 6) is 0. The summed E-state index contributed by atoms with van der Waals surface area (Å²) in [6.45, 7) is 4.32. The molecule has 2 heteroatoms. The summed E-state index contributed by atoms with van der Waals surface area (Å²) in [6, 6.07) is 35.4. The highest BCUT2D eigenvalue weighted by Crippen LogP contribution is 2.51. The lowest BCUT2D eigenvalue weighted by Gasteiger charge is -2.28. The summed E-state index contributed by atoms with van der Waals surface area (Å²) in [6.07, 6.45) is 0. The molecule has 1 aliphatic rings. The van der Waals surface area contributed by atoms with Crippen LogP contribution in [0.5, 0.6) is 0 Å². The Balaban J connectivity index is 1.18. The number of hydrogen-bond donors (Lipinski definition) is 0. The first-order valence-corrected chi connectivity index (χ1v) is 16.9. The van der Waals surface area contributed by atoms with Crippen molar-refractivity contribution in [3.63, 3.8) is 0 Å². The standard InChI is InChI=1S/C49H35NO/c1-49(2)44-17-9-8-15-41(44)42-30-28-38(31-45(42)49)50(36-24-19-33(20-25-36)32-11-4-3-5-12-32)37-26-21-35(22-27-37)39-16-10-18-46-47(39)43-29-23-34-13-6-7-14-40(34)48(43)51-46/h3-31H,1-2H3/i3D,4D,5D,11D,12D,19D,20D,24D,25D. The predicted octanol–water partition coefficient (Wildman–Crippen LogP) is 13.8. The third kappa shape index (κ3) is 4.64. The van der Waals surface area contributed by atoms with Crippen LogP contribution in [-0.4, -0.2) is 0 Å². The van der Waals surface area contributed by atoms with Crippen LogP contribution in [0.1, 0.15) is 37.3 Å². The lowest BCUT2D eigenvalue weighted by Crippen LogP contribution is -2.16. The topological polar surface area (TPSA) is 16.4 Å². The van der Waals surface area contributed by atoms with Crippen molar-refractivity contribution in [3.05, 3.63) is 187 Å². The van der Waals surface area contributed by atoms with Crippen LogP contribution >= 0.6 is 0 Å². The van der Waals surface area contributed by atoms with E-state index in [0.29, 0.717) is 11.4 Å². The van der Waals surface area contributed by atoms with Gasteiger partial charge >= 0.3 is 0 Å². The van der Waals surface area contributed by atoms with Crippen molar-refractivity contribution in [2.75, 3.05) is 4.90 Å². The molecule has 0 atom stereocenters. The third-order valence-corrected chi connectivity index (χ3v) is 10.2. The Morgan fingerprint density at radius 3 is 2.06 bits per heavy atom. The molecule has 0 bridgehead atoms. The fourth-order valence-corrected chi connectivity index (χ4v) is 7.74.